The van der Waals surface area contributed by atoms with Crippen LogP contribution < -0.4 is 5.32 Å². The number of benzene rings is 2. The molecule has 6 heteroatoms. The van der Waals surface area contributed by atoms with E-state index >= 15 is 0 Å². The van der Waals surface area contributed by atoms with Crippen molar-refractivity contribution in [3.05, 3.63) is 59.9 Å². The van der Waals surface area contributed by atoms with E-state index in [-0.39, 0.29) is 5.91 Å². The summed E-state index contributed by atoms with van der Waals surface area (Å²) in [5.74, 6) is 1.90. The number of nitrogens with one attached hydrogen (secondary N) is 1. The Bertz CT molecular complexity index is 979. The van der Waals surface area contributed by atoms with Crippen LogP contribution in [-0.4, -0.2) is 40.5 Å². The topological polar surface area (TPSA) is 56.2 Å². The van der Waals surface area contributed by atoms with Gasteiger partial charge in [-0.2, -0.15) is 0 Å². The van der Waals surface area contributed by atoms with Gasteiger partial charge in [0, 0.05) is 30.3 Å². The summed E-state index contributed by atoms with van der Waals surface area (Å²) < 4.78 is 7.92. The summed E-state index contributed by atoms with van der Waals surface area (Å²) in [5.41, 5.74) is 2.91. The fourth-order valence-corrected chi connectivity index (χ4v) is 4.87. The summed E-state index contributed by atoms with van der Waals surface area (Å²) in [6, 6.07) is 16.0. The van der Waals surface area contributed by atoms with E-state index in [1.165, 1.54) is 0 Å². The summed E-state index contributed by atoms with van der Waals surface area (Å²) in [7, 11) is 0. The van der Waals surface area contributed by atoms with E-state index < -0.39 is 0 Å². The van der Waals surface area contributed by atoms with Crippen molar-refractivity contribution in [3.8, 4) is 0 Å². The molecular weight excluding hydrogens is 382 g/mol. The zero-order chi connectivity index (χ0) is 20.1. The maximum atomic E-state index is 12.7. The fourth-order valence-electron chi connectivity index (χ4n) is 3.75. The Kier molecular flexibility index (Phi) is 6.52. The minimum absolute atomic E-state index is 0.00680. The predicted octanol–water partition coefficient (Wildman–Crippen LogP) is 4.44. The average Bonchev–Trinajstić information content (AvgIpc) is 3.37. The van der Waals surface area contributed by atoms with Gasteiger partial charge in [0.2, 0.25) is 0 Å². The van der Waals surface area contributed by atoms with E-state index in [0.29, 0.717) is 12.6 Å². The standard InChI is InChI=1S/C23H27N3O2S/c1-17-25-20-10-3-4-11-21(20)26(17)14-7-13-24-23(27)19-9-2-5-12-22(19)29-16-18-8-6-15-28-18/h2-5,9-12,18H,6-8,13-16H2,1H3,(H,24,27). The van der Waals surface area contributed by atoms with Crippen molar-refractivity contribution in [1.82, 2.24) is 14.9 Å². The van der Waals surface area contributed by atoms with E-state index in [9.17, 15) is 4.79 Å². The van der Waals surface area contributed by atoms with Gasteiger partial charge in [-0.25, -0.2) is 4.98 Å². The molecule has 1 aromatic heterocycles. The molecule has 0 spiro atoms. The molecule has 5 nitrogen and oxygen atoms in total. The normalized spacial score (nSPS) is 16.4. The lowest BCUT2D eigenvalue weighted by atomic mass is 10.2. The molecular formula is C23H27N3O2S. The van der Waals surface area contributed by atoms with Gasteiger partial charge in [0.05, 0.1) is 22.7 Å². The smallest absolute Gasteiger partial charge is 0.252 e. The van der Waals surface area contributed by atoms with E-state index in [0.717, 1.165) is 65.5 Å². The number of hydrogen-bond acceptors (Lipinski definition) is 4. The maximum Gasteiger partial charge on any atom is 0.252 e. The number of aryl methyl sites for hydroxylation is 2. The highest BCUT2D eigenvalue weighted by Crippen LogP contribution is 2.26. The van der Waals surface area contributed by atoms with Gasteiger partial charge in [-0.15, -0.1) is 11.8 Å². The minimum Gasteiger partial charge on any atom is -0.377 e. The summed E-state index contributed by atoms with van der Waals surface area (Å²) in [4.78, 5) is 18.4. The van der Waals surface area contributed by atoms with Gasteiger partial charge in [0.15, 0.2) is 0 Å². The van der Waals surface area contributed by atoms with Gasteiger partial charge in [0.1, 0.15) is 5.82 Å². The molecule has 0 bridgehead atoms. The van der Waals surface area contributed by atoms with Crippen molar-refractivity contribution in [2.24, 2.45) is 0 Å². The van der Waals surface area contributed by atoms with Crippen LogP contribution in [0.25, 0.3) is 11.0 Å². The molecule has 2 aromatic carbocycles. The van der Waals surface area contributed by atoms with E-state index in [4.69, 9.17) is 4.74 Å². The first kappa shape index (κ1) is 20.0. The summed E-state index contributed by atoms with van der Waals surface area (Å²) >= 11 is 1.72. The van der Waals surface area contributed by atoms with Crippen LogP contribution in [0.5, 0.6) is 0 Å². The number of ether oxygens (including phenoxy) is 1. The molecule has 3 aromatic rings. The van der Waals surface area contributed by atoms with Crippen LogP contribution in [0.15, 0.2) is 53.4 Å². The Hall–Kier alpha value is -2.31. The number of imidazole rings is 1. The van der Waals surface area contributed by atoms with Crippen LogP contribution in [0.3, 0.4) is 0 Å². The van der Waals surface area contributed by atoms with Gasteiger partial charge in [-0.1, -0.05) is 24.3 Å². The number of rotatable bonds is 8. The van der Waals surface area contributed by atoms with Crippen molar-refractivity contribution in [2.45, 2.75) is 43.7 Å². The van der Waals surface area contributed by atoms with Crippen LogP contribution in [-0.2, 0) is 11.3 Å². The number of para-hydroxylation sites is 2. The van der Waals surface area contributed by atoms with Crippen molar-refractivity contribution in [1.29, 1.82) is 0 Å². The Morgan fingerprint density at radius 3 is 2.93 bits per heavy atom. The second kappa shape index (κ2) is 9.46. The number of carbonyl (C=O) groups excluding carboxylic acids is 1. The zero-order valence-electron chi connectivity index (χ0n) is 16.8. The van der Waals surface area contributed by atoms with E-state index in [1.807, 2.05) is 49.4 Å². The predicted molar refractivity (Wildman–Crippen MR) is 118 cm³/mol. The van der Waals surface area contributed by atoms with Gasteiger partial charge in [0.25, 0.3) is 5.91 Å². The highest BCUT2D eigenvalue weighted by atomic mass is 32.2. The first-order valence-corrected chi connectivity index (χ1v) is 11.2. The number of hydrogen-bond donors (Lipinski definition) is 1. The van der Waals surface area contributed by atoms with Crippen LogP contribution in [0, 0.1) is 6.92 Å². The molecule has 1 N–H and O–H groups in total. The molecule has 1 saturated heterocycles. The molecule has 29 heavy (non-hydrogen) atoms. The molecule has 2 heterocycles. The van der Waals surface area contributed by atoms with Gasteiger partial charge < -0.3 is 14.6 Å². The molecule has 0 saturated carbocycles. The second-order valence-corrected chi connectivity index (χ2v) is 8.41. The van der Waals surface area contributed by atoms with Gasteiger partial charge >= 0.3 is 0 Å². The lowest BCUT2D eigenvalue weighted by Crippen LogP contribution is -2.26. The third-order valence-corrected chi connectivity index (χ3v) is 6.48. The fraction of sp³-hybridized carbons (Fsp3) is 0.391. The van der Waals surface area contributed by atoms with Gasteiger partial charge in [-0.05, 0) is 50.5 Å². The zero-order valence-corrected chi connectivity index (χ0v) is 17.6. The first-order valence-electron chi connectivity index (χ1n) is 10.3. The Morgan fingerprint density at radius 1 is 1.24 bits per heavy atom. The monoisotopic (exact) mass is 409 g/mol. The number of fused-ring (bicyclic) bond motifs is 1. The number of nitrogens with zero attached hydrogens (tertiary/aromatic N) is 2. The average molecular weight is 410 g/mol. The van der Waals surface area contributed by atoms with E-state index in [1.54, 1.807) is 11.8 Å². The molecule has 0 radical (unpaired) electrons. The van der Waals surface area contributed by atoms with Crippen molar-refractivity contribution >= 4 is 28.7 Å². The molecule has 1 fully saturated rings. The van der Waals surface area contributed by atoms with Crippen LogP contribution in [0.1, 0.15) is 35.4 Å². The maximum absolute atomic E-state index is 12.7. The molecule has 1 amide bonds. The lowest BCUT2D eigenvalue weighted by molar-refractivity contribution is 0.0949. The molecule has 4 rings (SSSR count). The minimum atomic E-state index is -0.00680. The highest BCUT2D eigenvalue weighted by molar-refractivity contribution is 7.99. The quantitative estimate of drug-likeness (QED) is 0.442. The number of thioether (sulfide) groups is 1. The van der Waals surface area contributed by atoms with Crippen molar-refractivity contribution in [3.63, 3.8) is 0 Å². The van der Waals surface area contributed by atoms with Crippen molar-refractivity contribution < 1.29 is 9.53 Å². The Balaban J connectivity index is 1.31. The van der Waals surface area contributed by atoms with Gasteiger partial charge in [-0.3, -0.25) is 4.79 Å². The number of aromatic nitrogens is 2. The molecule has 1 atom stereocenters. The highest BCUT2D eigenvalue weighted by Gasteiger charge is 2.17. The first-order chi connectivity index (χ1) is 14.2. The third kappa shape index (κ3) is 4.82. The molecule has 1 unspecified atom stereocenters. The summed E-state index contributed by atoms with van der Waals surface area (Å²) in [6.07, 6.45) is 3.42. The van der Waals surface area contributed by atoms with Crippen LogP contribution in [0.4, 0.5) is 0 Å². The largest absolute Gasteiger partial charge is 0.377 e. The number of carbonyl (C=O) groups is 1. The second-order valence-electron chi connectivity index (χ2n) is 7.35. The summed E-state index contributed by atoms with van der Waals surface area (Å²) in [6.45, 7) is 4.36. The SMILES string of the molecule is Cc1nc2ccccc2n1CCCNC(=O)c1ccccc1SCC1CCCO1. The Morgan fingerprint density at radius 2 is 2.07 bits per heavy atom. The molecule has 1 aliphatic heterocycles. The molecule has 152 valence electrons. The number of amides is 1. The van der Waals surface area contributed by atoms with Crippen LogP contribution in [0.2, 0.25) is 0 Å². The van der Waals surface area contributed by atoms with E-state index in [2.05, 4.69) is 20.9 Å². The van der Waals surface area contributed by atoms with Crippen molar-refractivity contribution in [2.75, 3.05) is 18.9 Å². The summed E-state index contributed by atoms with van der Waals surface area (Å²) in [5, 5.41) is 3.08. The third-order valence-electron chi connectivity index (χ3n) is 5.27. The lowest BCUT2D eigenvalue weighted by Gasteiger charge is -2.13. The molecule has 1 aliphatic rings. The molecule has 0 aliphatic carbocycles. The Labute approximate surface area is 175 Å². The van der Waals surface area contributed by atoms with Crippen LogP contribution >= 0.6 is 11.8 Å².